The molecule has 0 saturated carbocycles. The van der Waals surface area contributed by atoms with E-state index in [9.17, 15) is 0 Å². The van der Waals surface area contributed by atoms with Gasteiger partial charge in [-0.15, -0.1) is 24.0 Å². The van der Waals surface area contributed by atoms with E-state index in [1.165, 1.54) is 0 Å². The standard InChI is InChI=1S/C18H30N6O.HI/c1-5-19-18(22-13-16-12-17(14(2)3)23-25-16)21-8-6-7-10-24-11-9-20-15(24)4;/h9,11-12,14H,5-8,10,13H2,1-4H3,(H2,19,21,22);1H. The van der Waals surface area contributed by atoms with Gasteiger partial charge in [0.05, 0.1) is 5.69 Å². The lowest BCUT2D eigenvalue weighted by molar-refractivity contribution is 0.376. The number of guanidine groups is 1. The van der Waals surface area contributed by atoms with Crippen LogP contribution in [0.25, 0.3) is 0 Å². The molecule has 0 bridgehead atoms. The van der Waals surface area contributed by atoms with Gasteiger partial charge in [0, 0.05) is 38.1 Å². The Morgan fingerprint density at radius 3 is 2.73 bits per heavy atom. The van der Waals surface area contributed by atoms with Crippen LogP contribution in [0.2, 0.25) is 0 Å². The van der Waals surface area contributed by atoms with Gasteiger partial charge in [0.1, 0.15) is 12.4 Å². The van der Waals surface area contributed by atoms with Gasteiger partial charge in [-0.05, 0) is 32.6 Å². The van der Waals surface area contributed by atoms with Crippen molar-refractivity contribution in [2.45, 2.75) is 59.5 Å². The summed E-state index contributed by atoms with van der Waals surface area (Å²) in [5.41, 5.74) is 0.970. The number of imidazole rings is 1. The van der Waals surface area contributed by atoms with E-state index in [0.29, 0.717) is 12.5 Å². The van der Waals surface area contributed by atoms with E-state index in [-0.39, 0.29) is 24.0 Å². The van der Waals surface area contributed by atoms with Gasteiger partial charge in [0.2, 0.25) is 0 Å². The lowest BCUT2D eigenvalue weighted by atomic mass is 10.1. The summed E-state index contributed by atoms with van der Waals surface area (Å²) >= 11 is 0. The van der Waals surface area contributed by atoms with Crippen molar-refractivity contribution in [1.29, 1.82) is 0 Å². The molecule has 146 valence electrons. The molecular weight excluding hydrogens is 443 g/mol. The Hall–Kier alpha value is -1.58. The molecule has 2 aromatic heterocycles. The van der Waals surface area contributed by atoms with Crippen LogP contribution in [0.4, 0.5) is 0 Å². The van der Waals surface area contributed by atoms with Gasteiger partial charge in [0.25, 0.3) is 0 Å². The van der Waals surface area contributed by atoms with Crippen molar-refractivity contribution in [3.05, 3.63) is 35.7 Å². The van der Waals surface area contributed by atoms with Gasteiger partial charge < -0.3 is 19.7 Å². The second-order valence-corrected chi connectivity index (χ2v) is 6.37. The molecule has 0 amide bonds. The third-order valence-electron chi connectivity index (χ3n) is 3.95. The predicted molar refractivity (Wildman–Crippen MR) is 115 cm³/mol. The van der Waals surface area contributed by atoms with Crippen molar-refractivity contribution in [2.75, 3.05) is 13.1 Å². The lowest BCUT2D eigenvalue weighted by Gasteiger charge is -2.11. The summed E-state index contributed by atoms with van der Waals surface area (Å²) in [6, 6.07) is 1.98. The van der Waals surface area contributed by atoms with Gasteiger partial charge in [-0.25, -0.2) is 9.98 Å². The van der Waals surface area contributed by atoms with Crippen LogP contribution < -0.4 is 10.6 Å². The van der Waals surface area contributed by atoms with Crippen LogP contribution in [-0.4, -0.2) is 33.8 Å². The average molecular weight is 474 g/mol. The largest absolute Gasteiger partial charge is 0.359 e. The zero-order chi connectivity index (χ0) is 18.1. The summed E-state index contributed by atoms with van der Waals surface area (Å²) in [5, 5.41) is 10.7. The quantitative estimate of drug-likeness (QED) is 0.252. The number of rotatable bonds is 9. The third kappa shape index (κ3) is 7.35. The Balaban J connectivity index is 0.00000338. The molecule has 0 saturated heterocycles. The number of aryl methyl sites for hydroxylation is 2. The average Bonchev–Trinajstić information content (AvgIpc) is 3.21. The molecule has 0 aliphatic rings. The topological polar surface area (TPSA) is 80.3 Å². The van der Waals surface area contributed by atoms with Crippen LogP contribution in [0.1, 0.15) is 56.8 Å². The van der Waals surface area contributed by atoms with Crippen molar-refractivity contribution in [2.24, 2.45) is 4.99 Å². The molecule has 7 nitrogen and oxygen atoms in total. The first-order valence-corrected chi connectivity index (χ1v) is 9.05. The van der Waals surface area contributed by atoms with E-state index >= 15 is 0 Å². The molecule has 0 unspecified atom stereocenters. The Bertz CT molecular complexity index is 664. The number of nitrogens with one attached hydrogen (secondary N) is 2. The van der Waals surface area contributed by atoms with Crippen molar-refractivity contribution in [3.63, 3.8) is 0 Å². The zero-order valence-corrected chi connectivity index (χ0v) is 18.5. The minimum absolute atomic E-state index is 0. The molecule has 2 N–H and O–H groups in total. The van der Waals surface area contributed by atoms with E-state index in [4.69, 9.17) is 4.52 Å². The molecule has 0 aliphatic carbocycles. The second kappa shape index (κ2) is 11.9. The first kappa shape index (κ1) is 22.5. The summed E-state index contributed by atoms with van der Waals surface area (Å²) in [5.74, 6) is 3.03. The molecule has 0 fully saturated rings. The highest BCUT2D eigenvalue weighted by molar-refractivity contribution is 14.0. The molecule has 0 radical (unpaired) electrons. The Kier molecular flexibility index (Phi) is 10.3. The first-order valence-electron chi connectivity index (χ1n) is 9.05. The fourth-order valence-electron chi connectivity index (χ4n) is 2.43. The number of nitrogens with zero attached hydrogens (tertiary/aromatic N) is 4. The third-order valence-corrected chi connectivity index (χ3v) is 3.95. The van der Waals surface area contributed by atoms with Gasteiger partial charge >= 0.3 is 0 Å². The van der Waals surface area contributed by atoms with E-state index in [1.807, 2.05) is 25.4 Å². The van der Waals surface area contributed by atoms with Crippen molar-refractivity contribution >= 4 is 29.9 Å². The minimum Gasteiger partial charge on any atom is -0.359 e. The predicted octanol–water partition coefficient (Wildman–Crippen LogP) is 3.46. The number of halogens is 1. The highest BCUT2D eigenvalue weighted by atomic mass is 127. The maximum absolute atomic E-state index is 5.33. The summed E-state index contributed by atoms with van der Waals surface area (Å²) in [6.07, 6.45) is 6.04. The molecule has 2 aromatic rings. The van der Waals surface area contributed by atoms with Crippen molar-refractivity contribution in [3.8, 4) is 0 Å². The number of hydrogen-bond acceptors (Lipinski definition) is 4. The van der Waals surface area contributed by atoms with E-state index in [0.717, 1.165) is 55.7 Å². The Labute approximate surface area is 173 Å². The van der Waals surface area contributed by atoms with Crippen LogP contribution in [-0.2, 0) is 13.1 Å². The van der Waals surface area contributed by atoms with Crippen LogP contribution in [0, 0.1) is 6.92 Å². The SMILES string of the molecule is CCNC(=NCc1cc(C(C)C)no1)NCCCCn1ccnc1C.I. The van der Waals surface area contributed by atoms with Gasteiger partial charge in [0.15, 0.2) is 11.7 Å². The van der Waals surface area contributed by atoms with Crippen molar-refractivity contribution in [1.82, 2.24) is 25.3 Å². The summed E-state index contributed by atoms with van der Waals surface area (Å²) in [4.78, 5) is 8.80. The summed E-state index contributed by atoms with van der Waals surface area (Å²) in [7, 11) is 0. The number of hydrogen-bond donors (Lipinski definition) is 2. The highest BCUT2D eigenvalue weighted by Crippen LogP contribution is 2.14. The van der Waals surface area contributed by atoms with Crippen LogP contribution >= 0.6 is 24.0 Å². The molecule has 0 aliphatic heterocycles. The lowest BCUT2D eigenvalue weighted by Crippen LogP contribution is -2.37. The maximum atomic E-state index is 5.33. The van der Waals surface area contributed by atoms with E-state index in [2.05, 4.69) is 51.1 Å². The zero-order valence-electron chi connectivity index (χ0n) is 16.2. The van der Waals surface area contributed by atoms with Crippen molar-refractivity contribution < 1.29 is 4.52 Å². The van der Waals surface area contributed by atoms with Crippen LogP contribution in [0.5, 0.6) is 0 Å². The smallest absolute Gasteiger partial charge is 0.191 e. The molecule has 0 aromatic carbocycles. The monoisotopic (exact) mass is 474 g/mol. The number of unbranched alkanes of at least 4 members (excludes halogenated alkanes) is 1. The molecule has 0 spiro atoms. The maximum Gasteiger partial charge on any atom is 0.191 e. The summed E-state index contributed by atoms with van der Waals surface area (Å²) < 4.78 is 7.50. The molecule has 2 rings (SSSR count). The Morgan fingerprint density at radius 1 is 1.31 bits per heavy atom. The summed E-state index contributed by atoms with van der Waals surface area (Å²) in [6.45, 7) is 11.5. The minimum atomic E-state index is 0. The molecule has 26 heavy (non-hydrogen) atoms. The van der Waals surface area contributed by atoms with E-state index < -0.39 is 0 Å². The van der Waals surface area contributed by atoms with Crippen LogP contribution in [0.15, 0.2) is 28.0 Å². The van der Waals surface area contributed by atoms with Crippen LogP contribution in [0.3, 0.4) is 0 Å². The Morgan fingerprint density at radius 2 is 2.12 bits per heavy atom. The normalized spacial score (nSPS) is 11.5. The van der Waals surface area contributed by atoms with E-state index in [1.54, 1.807) is 0 Å². The highest BCUT2D eigenvalue weighted by Gasteiger charge is 2.07. The number of aliphatic imine (C=N–C) groups is 1. The number of aromatic nitrogens is 3. The first-order chi connectivity index (χ1) is 12.1. The van der Waals surface area contributed by atoms with Gasteiger partial charge in [-0.1, -0.05) is 19.0 Å². The fraction of sp³-hybridized carbons (Fsp3) is 0.611. The van der Waals surface area contributed by atoms with Gasteiger partial charge in [-0.3, -0.25) is 0 Å². The molecule has 8 heteroatoms. The molecule has 2 heterocycles. The fourth-order valence-corrected chi connectivity index (χ4v) is 2.43. The molecule has 0 atom stereocenters. The second-order valence-electron chi connectivity index (χ2n) is 6.37. The van der Waals surface area contributed by atoms with Gasteiger partial charge in [-0.2, -0.15) is 0 Å². The molecular formula is C18H31IN6O.